The Morgan fingerprint density at radius 1 is 1.41 bits per heavy atom. The molecule has 0 aliphatic carbocycles. The summed E-state index contributed by atoms with van der Waals surface area (Å²) in [4.78, 5) is 6.50. The molecule has 3 heteroatoms. The molecule has 0 saturated carbocycles. The van der Waals surface area contributed by atoms with Crippen molar-refractivity contribution in [3.8, 4) is 0 Å². The molecular weight excluding hydrogens is 212 g/mol. The number of aliphatic imine (C=N–C) groups is 1. The summed E-state index contributed by atoms with van der Waals surface area (Å²) in [6.07, 6.45) is 6.39. The van der Waals surface area contributed by atoms with Gasteiger partial charge in [-0.3, -0.25) is 0 Å². The Morgan fingerprint density at radius 3 is 2.47 bits per heavy atom. The molecule has 0 radical (unpaired) electrons. The molecule has 0 aromatic heterocycles. The zero-order chi connectivity index (χ0) is 13.3. The number of allylic oxidation sites excluding steroid dienone is 3. The van der Waals surface area contributed by atoms with Crippen LogP contribution in [0.5, 0.6) is 0 Å². The molecule has 0 unspecified atom stereocenters. The molecule has 0 atom stereocenters. The van der Waals surface area contributed by atoms with E-state index in [4.69, 9.17) is 4.74 Å². The maximum absolute atomic E-state index is 5.18. The first-order valence-electron chi connectivity index (χ1n) is 5.91. The highest BCUT2D eigenvalue weighted by Crippen LogP contribution is 2.13. The van der Waals surface area contributed by atoms with Crippen molar-refractivity contribution in [1.82, 2.24) is 4.90 Å². The molecule has 0 heterocycles. The topological polar surface area (TPSA) is 24.8 Å². The fraction of sp³-hybridized carbons (Fsp3) is 0.500. The molecule has 0 bridgehead atoms. The molecule has 0 aromatic rings. The van der Waals surface area contributed by atoms with Gasteiger partial charge in [0, 0.05) is 19.7 Å². The normalized spacial score (nSPS) is 13.6. The van der Waals surface area contributed by atoms with Gasteiger partial charge in [-0.1, -0.05) is 13.5 Å². The number of ether oxygens (including phenoxy) is 1. The molecule has 0 aliphatic rings. The van der Waals surface area contributed by atoms with Gasteiger partial charge in [-0.15, -0.1) is 0 Å². The maximum Gasteiger partial charge on any atom is 0.120 e. The van der Waals surface area contributed by atoms with Gasteiger partial charge in [0.05, 0.1) is 19.1 Å². The van der Waals surface area contributed by atoms with E-state index >= 15 is 0 Å². The second-order valence-electron chi connectivity index (χ2n) is 3.79. The van der Waals surface area contributed by atoms with E-state index in [1.807, 2.05) is 24.4 Å². The Morgan fingerprint density at radius 2 is 2.06 bits per heavy atom. The summed E-state index contributed by atoms with van der Waals surface area (Å²) in [5.41, 5.74) is 2.16. The highest BCUT2D eigenvalue weighted by Gasteiger charge is 1.99. The molecule has 0 N–H and O–H groups in total. The van der Waals surface area contributed by atoms with Crippen LogP contribution in [0.15, 0.2) is 40.8 Å². The summed E-state index contributed by atoms with van der Waals surface area (Å²) in [7, 11) is 3.63. The van der Waals surface area contributed by atoms with Crippen LogP contribution in [0.1, 0.15) is 27.2 Å². The van der Waals surface area contributed by atoms with E-state index in [-0.39, 0.29) is 0 Å². The van der Waals surface area contributed by atoms with Crippen LogP contribution in [0.2, 0.25) is 0 Å². The summed E-state index contributed by atoms with van der Waals surface area (Å²) < 4.78 is 5.18. The maximum atomic E-state index is 5.18. The van der Waals surface area contributed by atoms with Crippen molar-refractivity contribution in [3.63, 3.8) is 0 Å². The van der Waals surface area contributed by atoms with Gasteiger partial charge in [-0.25, -0.2) is 4.99 Å². The van der Waals surface area contributed by atoms with Gasteiger partial charge in [0.25, 0.3) is 0 Å². The minimum absolute atomic E-state index is 0.726. The van der Waals surface area contributed by atoms with E-state index < -0.39 is 0 Å². The first kappa shape index (κ1) is 15.5. The molecule has 0 rings (SSSR count). The van der Waals surface area contributed by atoms with Crippen LogP contribution in [0.25, 0.3) is 0 Å². The summed E-state index contributed by atoms with van der Waals surface area (Å²) in [5.74, 6) is 0.726. The average Bonchev–Trinajstić information content (AvgIpc) is 2.37. The molecule has 0 spiro atoms. The van der Waals surface area contributed by atoms with Crippen molar-refractivity contribution in [2.24, 2.45) is 4.99 Å². The Hall–Kier alpha value is -1.51. The zero-order valence-electron chi connectivity index (χ0n) is 11.7. The van der Waals surface area contributed by atoms with E-state index in [1.165, 1.54) is 5.57 Å². The van der Waals surface area contributed by atoms with E-state index in [2.05, 4.69) is 32.3 Å². The van der Waals surface area contributed by atoms with Gasteiger partial charge in [0.2, 0.25) is 0 Å². The lowest BCUT2D eigenvalue weighted by Gasteiger charge is -2.10. The van der Waals surface area contributed by atoms with Gasteiger partial charge < -0.3 is 9.64 Å². The third kappa shape index (κ3) is 5.95. The average molecular weight is 236 g/mol. The number of rotatable bonds is 7. The zero-order valence-corrected chi connectivity index (χ0v) is 11.7. The first-order chi connectivity index (χ1) is 8.08. The summed E-state index contributed by atoms with van der Waals surface area (Å²) in [6.45, 7) is 10.9. The lowest BCUT2D eigenvalue weighted by molar-refractivity contribution is 0.306. The summed E-state index contributed by atoms with van der Waals surface area (Å²) in [6, 6.07) is 0. The third-order valence-electron chi connectivity index (χ3n) is 2.58. The molecule has 3 nitrogen and oxygen atoms in total. The van der Waals surface area contributed by atoms with E-state index in [0.29, 0.717) is 0 Å². The van der Waals surface area contributed by atoms with Crippen molar-refractivity contribution < 1.29 is 4.74 Å². The fourth-order valence-electron chi connectivity index (χ4n) is 1.03. The van der Waals surface area contributed by atoms with Crippen LogP contribution in [0.3, 0.4) is 0 Å². The summed E-state index contributed by atoms with van der Waals surface area (Å²) >= 11 is 0. The number of methoxy groups -OCH3 is 1. The van der Waals surface area contributed by atoms with Crippen molar-refractivity contribution in [2.75, 3.05) is 20.7 Å². The quantitative estimate of drug-likeness (QED) is 0.293. The summed E-state index contributed by atoms with van der Waals surface area (Å²) in [5, 5.41) is 0. The molecule has 0 aromatic carbocycles. The number of hydrogen-bond donors (Lipinski definition) is 0. The van der Waals surface area contributed by atoms with Gasteiger partial charge in [-0.05, 0) is 31.9 Å². The van der Waals surface area contributed by atoms with E-state index in [9.17, 15) is 0 Å². The molecule has 0 saturated heterocycles. The second-order valence-corrected chi connectivity index (χ2v) is 3.79. The second kappa shape index (κ2) is 8.62. The van der Waals surface area contributed by atoms with E-state index in [0.717, 1.165) is 24.4 Å². The van der Waals surface area contributed by atoms with Gasteiger partial charge in [-0.2, -0.15) is 0 Å². The predicted molar refractivity (Wildman–Crippen MR) is 75.1 cm³/mol. The lowest BCUT2D eigenvalue weighted by atomic mass is 10.1. The minimum Gasteiger partial charge on any atom is -0.497 e. The predicted octanol–water partition coefficient (Wildman–Crippen LogP) is 3.37. The fourth-order valence-corrected chi connectivity index (χ4v) is 1.03. The lowest BCUT2D eigenvalue weighted by Crippen LogP contribution is -2.14. The monoisotopic (exact) mass is 236 g/mol. The van der Waals surface area contributed by atoms with Gasteiger partial charge in [0.15, 0.2) is 0 Å². The van der Waals surface area contributed by atoms with Crippen LogP contribution >= 0.6 is 0 Å². The molecule has 17 heavy (non-hydrogen) atoms. The molecular formula is C14H24N2O. The SMILES string of the molecule is C=C\C(=C/C(/N=C/N(C)CC)=C(\C)CC)OC. The highest BCUT2D eigenvalue weighted by atomic mass is 16.5. The van der Waals surface area contributed by atoms with Crippen LogP contribution in [-0.4, -0.2) is 31.9 Å². The Labute approximate surface area is 105 Å². The van der Waals surface area contributed by atoms with Crippen molar-refractivity contribution in [3.05, 3.63) is 35.8 Å². The number of hydrogen-bond acceptors (Lipinski definition) is 2. The molecule has 0 fully saturated rings. The van der Waals surface area contributed by atoms with Gasteiger partial charge in [0.1, 0.15) is 5.76 Å². The Kier molecular flexibility index (Phi) is 7.85. The third-order valence-corrected chi connectivity index (χ3v) is 2.58. The van der Waals surface area contributed by atoms with E-state index in [1.54, 1.807) is 13.2 Å². The standard InChI is InChI=1S/C14H24N2O/c1-7-12(4)14(10-13(8-2)17-6)15-11-16(5)9-3/h8,10-11H,2,7,9H2,1,3-6H3/b13-10+,14-12-,15-11+. The van der Waals surface area contributed by atoms with Crippen molar-refractivity contribution in [2.45, 2.75) is 27.2 Å². The van der Waals surface area contributed by atoms with Crippen LogP contribution in [-0.2, 0) is 4.74 Å². The van der Waals surface area contributed by atoms with Crippen LogP contribution in [0, 0.1) is 0 Å². The van der Waals surface area contributed by atoms with Crippen LogP contribution in [0.4, 0.5) is 0 Å². The number of nitrogens with zero attached hydrogens (tertiary/aromatic N) is 2. The highest BCUT2D eigenvalue weighted by molar-refractivity contribution is 5.57. The molecule has 0 aliphatic heterocycles. The smallest absolute Gasteiger partial charge is 0.120 e. The first-order valence-corrected chi connectivity index (χ1v) is 5.91. The van der Waals surface area contributed by atoms with Gasteiger partial charge >= 0.3 is 0 Å². The van der Waals surface area contributed by atoms with Crippen LogP contribution < -0.4 is 0 Å². The largest absolute Gasteiger partial charge is 0.497 e. The molecule has 0 amide bonds. The molecule has 96 valence electrons. The minimum atomic E-state index is 0.726. The van der Waals surface area contributed by atoms with Crippen molar-refractivity contribution >= 4 is 6.34 Å². The Bertz CT molecular complexity index is 327. The van der Waals surface area contributed by atoms with Crippen molar-refractivity contribution in [1.29, 1.82) is 0 Å². The Balaban J connectivity index is 5.11.